The lowest BCUT2D eigenvalue weighted by Gasteiger charge is -2.10. The number of hydrogen-bond acceptors (Lipinski definition) is 5. The van der Waals surface area contributed by atoms with Crippen molar-refractivity contribution in [2.24, 2.45) is 5.92 Å². The highest BCUT2D eigenvalue weighted by Gasteiger charge is 2.17. The quantitative estimate of drug-likeness (QED) is 0.861. The molecule has 0 aromatic carbocycles. The van der Waals surface area contributed by atoms with Gasteiger partial charge in [-0.2, -0.15) is 0 Å². The van der Waals surface area contributed by atoms with Gasteiger partial charge in [-0.05, 0) is 19.8 Å². The second-order valence-electron chi connectivity index (χ2n) is 5.25. The van der Waals surface area contributed by atoms with Gasteiger partial charge in [-0.15, -0.1) is 11.3 Å². The lowest BCUT2D eigenvalue weighted by molar-refractivity contribution is -0.137. The lowest BCUT2D eigenvalue weighted by atomic mass is 10.1. The molecule has 2 heterocycles. The molecule has 2 aromatic heterocycles. The van der Waals surface area contributed by atoms with E-state index >= 15 is 0 Å². The first kappa shape index (κ1) is 16.2. The van der Waals surface area contributed by atoms with Gasteiger partial charge >= 0.3 is 5.97 Å². The van der Waals surface area contributed by atoms with Crippen LogP contribution in [0.1, 0.15) is 34.3 Å². The molecule has 0 aliphatic carbocycles. The number of aliphatic carboxylic acids is 1. The first-order chi connectivity index (χ1) is 10.3. The summed E-state index contributed by atoms with van der Waals surface area (Å²) < 4.78 is 1.43. The van der Waals surface area contributed by atoms with Crippen LogP contribution < -0.4 is 10.9 Å². The summed E-state index contributed by atoms with van der Waals surface area (Å²) in [6.07, 6.45) is 1.23. The fourth-order valence-corrected chi connectivity index (χ4v) is 2.99. The molecular weight excluding hydrogens is 306 g/mol. The van der Waals surface area contributed by atoms with Gasteiger partial charge in [0.15, 0.2) is 4.96 Å². The Labute approximate surface area is 130 Å². The van der Waals surface area contributed by atoms with Crippen molar-refractivity contribution in [2.45, 2.75) is 27.2 Å². The van der Waals surface area contributed by atoms with Crippen molar-refractivity contribution in [3.63, 3.8) is 0 Å². The fourth-order valence-electron chi connectivity index (χ4n) is 2.06. The summed E-state index contributed by atoms with van der Waals surface area (Å²) in [7, 11) is 0. The van der Waals surface area contributed by atoms with Gasteiger partial charge in [0.1, 0.15) is 5.56 Å². The van der Waals surface area contributed by atoms with Crippen LogP contribution in [0.15, 0.2) is 11.0 Å². The molecule has 1 atom stereocenters. The molecule has 2 N–H and O–H groups in total. The molecule has 0 radical (unpaired) electrons. The van der Waals surface area contributed by atoms with Gasteiger partial charge in [-0.1, -0.05) is 6.92 Å². The molecule has 2 rings (SSSR count). The second kappa shape index (κ2) is 6.27. The molecule has 0 spiro atoms. The molecule has 0 saturated carbocycles. The van der Waals surface area contributed by atoms with Crippen molar-refractivity contribution in [3.8, 4) is 0 Å². The predicted molar refractivity (Wildman–Crippen MR) is 82.6 cm³/mol. The Hall–Kier alpha value is -2.22. The summed E-state index contributed by atoms with van der Waals surface area (Å²) in [6.45, 7) is 5.60. The monoisotopic (exact) mass is 323 g/mol. The van der Waals surface area contributed by atoms with Gasteiger partial charge in [0, 0.05) is 29.7 Å². The van der Waals surface area contributed by atoms with Crippen molar-refractivity contribution in [3.05, 3.63) is 32.7 Å². The Bertz CT molecular complexity index is 793. The number of fused-ring (bicyclic) bond motifs is 1. The highest BCUT2D eigenvalue weighted by molar-refractivity contribution is 7.17. The summed E-state index contributed by atoms with van der Waals surface area (Å²) >= 11 is 1.39. The van der Waals surface area contributed by atoms with Gasteiger partial charge in [0.25, 0.3) is 11.5 Å². The van der Waals surface area contributed by atoms with E-state index in [9.17, 15) is 14.4 Å². The molecule has 0 aliphatic rings. The van der Waals surface area contributed by atoms with E-state index in [0.717, 1.165) is 10.6 Å². The van der Waals surface area contributed by atoms with Crippen LogP contribution in [0.2, 0.25) is 0 Å². The standard InChI is InChI=1S/C14H17N3O4S/c1-7(4-11(18)19)5-15-12(20)10-6-16-14-17(13(10)21)8(2)9(3)22-14/h6-7H,4-5H2,1-3H3,(H,15,20)(H,18,19). The molecule has 0 bridgehead atoms. The van der Waals surface area contributed by atoms with E-state index in [1.807, 2.05) is 6.92 Å². The smallest absolute Gasteiger partial charge is 0.303 e. The molecule has 7 nitrogen and oxygen atoms in total. The minimum Gasteiger partial charge on any atom is -0.481 e. The molecule has 0 aliphatic heterocycles. The minimum absolute atomic E-state index is 0.0408. The number of hydrogen-bond donors (Lipinski definition) is 2. The van der Waals surface area contributed by atoms with Crippen LogP contribution in [0.3, 0.4) is 0 Å². The topological polar surface area (TPSA) is 101 Å². The SMILES string of the molecule is Cc1sc2ncc(C(=O)NCC(C)CC(=O)O)c(=O)n2c1C. The van der Waals surface area contributed by atoms with Gasteiger partial charge in [0.05, 0.1) is 0 Å². The second-order valence-corrected chi connectivity index (χ2v) is 6.43. The van der Waals surface area contributed by atoms with E-state index in [1.54, 1.807) is 13.8 Å². The summed E-state index contributed by atoms with van der Waals surface area (Å²) in [5.74, 6) is -1.67. The number of carboxylic acids is 1. The Morgan fingerprint density at radius 1 is 1.45 bits per heavy atom. The summed E-state index contributed by atoms with van der Waals surface area (Å²) in [5.41, 5.74) is 0.322. The van der Waals surface area contributed by atoms with Gasteiger partial charge in [-0.3, -0.25) is 18.8 Å². The molecule has 8 heteroatoms. The summed E-state index contributed by atoms with van der Waals surface area (Å²) in [5, 5.41) is 11.3. The van der Waals surface area contributed by atoms with Crippen molar-refractivity contribution >= 4 is 28.2 Å². The largest absolute Gasteiger partial charge is 0.481 e. The van der Waals surface area contributed by atoms with Gasteiger partial charge < -0.3 is 10.4 Å². The Kier molecular flexibility index (Phi) is 4.60. The number of rotatable bonds is 5. The molecule has 1 unspecified atom stereocenters. The van der Waals surface area contributed by atoms with Crippen molar-refractivity contribution in [2.75, 3.05) is 6.54 Å². The van der Waals surface area contributed by atoms with E-state index in [4.69, 9.17) is 5.11 Å². The van der Waals surface area contributed by atoms with Crippen molar-refractivity contribution < 1.29 is 14.7 Å². The lowest BCUT2D eigenvalue weighted by Crippen LogP contribution is -2.34. The van der Waals surface area contributed by atoms with E-state index < -0.39 is 17.4 Å². The summed E-state index contributed by atoms with van der Waals surface area (Å²) in [6, 6.07) is 0. The number of amides is 1. The Morgan fingerprint density at radius 3 is 2.77 bits per heavy atom. The first-order valence-corrected chi connectivity index (χ1v) is 7.60. The zero-order valence-electron chi connectivity index (χ0n) is 12.5. The molecule has 22 heavy (non-hydrogen) atoms. The maximum atomic E-state index is 12.4. The Balaban J connectivity index is 2.22. The molecule has 2 aromatic rings. The van der Waals surface area contributed by atoms with Gasteiger partial charge in [0.2, 0.25) is 0 Å². The van der Waals surface area contributed by atoms with Crippen LogP contribution >= 0.6 is 11.3 Å². The number of nitrogens with one attached hydrogen (secondary N) is 1. The molecule has 1 amide bonds. The first-order valence-electron chi connectivity index (χ1n) is 6.79. The number of carboxylic acid groups (broad SMARTS) is 1. The summed E-state index contributed by atoms with van der Waals surface area (Å²) in [4.78, 5) is 40.8. The van der Waals surface area contributed by atoms with Crippen molar-refractivity contribution in [1.82, 2.24) is 14.7 Å². The minimum atomic E-state index is -0.922. The maximum Gasteiger partial charge on any atom is 0.303 e. The molecular formula is C14H17N3O4S. The average molecular weight is 323 g/mol. The average Bonchev–Trinajstić information content (AvgIpc) is 2.72. The van der Waals surface area contributed by atoms with E-state index in [1.165, 1.54) is 21.9 Å². The van der Waals surface area contributed by atoms with E-state index in [-0.39, 0.29) is 24.4 Å². The van der Waals surface area contributed by atoms with E-state index in [0.29, 0.717) is 4.96 Å². The number of aryl methyl sites for hydroxylation is 2. The third-order valence-corrected chi connectivity index (χ3v) is 4.47. The Morgan fingerprint density at radius 2 is 2.14 bits per heavy atom. The normalized spacial score (nSPS) is 12.3. The van der Waals surface area contributed by atoms with Crippen molar-refractivity contribution in [1.29, 1.82) is 0 Å². The highest BCUT2D eigenvalue weighted by atomic mass is 32.1. The molecule has 0 saturated heterocycles. The zero-order chi connectivity index (χ0) is 16.4. The molecule has 118 valence electrons. The zero-order valence-corrected chi connectivity index (χ0v) is 13.4. The number of nitrogens with zero attached hydrogens (tertiary/aromatic N) is 2. The number of carbonyl (C=O) groups is 2. The van der Waals surface area contributed by atoms with Gasteiger partial charge in [-0.25, -0.2) is 4.98 Å². The molecule has 0 fully saturated rings. The van der Waals surface area contributed by atoms with Crippen LogP contribution in [0.4, 0.5) is 0 Å². The van der Waals surface area contributed by atoms with Crippen LogP contribution in [-0.4, -0.2) is 32.9 Å². The fraction of sp³-hybridized carbons (Fsp3) is 0.429. The van der Waals surface area contributed by atoms with Crippen LogP contribution in [0.5, 0.6) is 0 Å². The third-order valence-electron chi connectivity index (χ3n) is 3.40. The predicted octanol–water partition coefficient (Wildman–Crippen LogP) is 1.21. The maximum absolute atomic E-state index is 12.4. The van der Waals surface area contributed by atoms with Crippen LogP contribution in [-0.2, 0) is 4.79 Å². The number of thiazole rings is 1. The number of carbonyl (C=O) groups excluding carboxylic acids is 1. The van der Waals surface area contributed by atoms with Crippen LogP contribution in [0, 0.1) is 19.8 Å². The van der Waals surface area contributed by atoms with Crippen LogP contribution in [0.25, 0.3) is 4.96 Å². The van der Waals surface area contributed by atoms with E-state index in [2.05, 4.69) is 10.3 Å². The third kappa shape index (κ3) is 3.16. The number of aromatic nitrogens is 2. The highest BCUT2D eigenvalue weighted by Crippen LogP contribution is 2.18.